The molecule has 1 atom stereocenters. The number of hydrogen-bond donors (Lipinski definition) is 1. The third-order valence-electron chi connectivity index (χ3n) is 6.16. The van der Waals surface area contributed by atoms with Gasteiger partial charge in [0.25, 0.3) is 11.8 Å². The SMILES string of the molecule is N[C@H](C(=O)N1CCC(F)(F)C1)C1CCC(N2Cc3ncccc3C2=O)CC1. The number of nitrogens with zero attached hydrogens (tertiary/aromatic N) is 3. The summed E-state index contributed by atoms with van der Waals surface area (Å²) in [5, 5.41) is 0. The molecule has 146 valence electrons. The van der Waals surface area contributed by atoms with E-state index < -0.39 is 18.5 Å². The average Bonchev–Trinajstić information content (AvgIpc) is 3.20. The van der Waals surface area contributed by atoms with Gasteiger partial charge in [0.05, 0.1) is 30.4 Å². The van der Waals surface area contributed by atoms with Crippen molar-refractivity contribution in [2.24, 2.45) is 11.7 Å². The number of halogens is 2. The van der Waals surface area contributed by atoms with E-state index in [4.69, 9.17) is 5.73 Å². The fourth-order valence-corrected chi connectivity index (χ4v) is 4.55. The molecule has 0 unspecified atom stereocenters. The van der Waals surface area contributed by atoms with E-state index in [0.717, 1.165) is 31.4 Å². The third kappa shape index (κ3) is 3.42. The van der Waals surface area contributed by atoms with E-state index in [2.05, 4.69) is 4.98 Å². The van der Waals surface area contributed by atoms with Crippen molar-refractivity contribution in [1.29, 1.82) is 0 Å². The summed E-state index contributed by atoms with van der Waals surface area (Å²) in [6, 6.07) is 2.94. The Morgan fingerprint density at radius 3 is 2.67 bits per heavy atom. The lowest BCUT2D eigenvalue weighted by atomic mass is 9.81. The van der Waals surface area contributed by atoms with Crippen LogP contribution in [0.15, 0.2) is 18.3 Å². The van der Waals surface area contributed by atoms with Crippen molar-refractivity contribution >= 4 is 11.8 Å². The molecule has 8 heteroatoms. The van der Waals surface area contributed by atoms with Crippen LogP contribution >= 0.6 is 0 Å². The second kappa shape index (κ2) is 6.82. The molecule has 1 aromatic rings. The Morgan fingerprint density at radius 1 is 1.30 bits per heavy atom. The first-order valence-electron chi connectivity index (χ1n) is 9.53. The van der Waals surface area contributed by atoms with Crippen molar-refractivity contribution in [2.45, 2.75) is 56.7 Å². The lowest BCUT2D eigenvalue weighted by molar-refractivity contribution is -0.134. The third-order valence-corrected chi connectivity index (χ3v) is 6.16. The molecule has 3 heterocycles. The number of nitrogens with two attached hydrogens (primary N) is 1. The summed E-state index contributed by atoms with van der Waals surface area (Å²) in [6.45, 7) is 0.0724. The normalized spacial score (nSPS) is 28.3. The zero-order valence-corrected chi connectivity index (χ0v) is 15.1. The number of alkyl halides is 2. The Kier molecular flexibility index (Phi) is 4.61. The summed E-state index contributed by atoms with van der Waals surface area (Å²) in [6.07, 6.45) is 4.37. The first-order valence-corrected chi connectivity index (χ1v) is 9.53. The molecule has 2 N–H and O–H groups in total. The van der Waals surface area contributed by atoms with Crippen LogP contribution in [0.2, 0.25) is 0 Å². The summed E-state index contributed by atoms with van der Waals surface area (Å²) in [7, 11) is 0. The molecular formula is C19H24F2N4O2. The van der Waals surface area contributed by atoms with Crippen molar-refractivity contribution in [3.05, 3.63) is 29.6 Å². The Morgan fingerprint density at radius 2 is 2.04 bits per heavy atom. The number of amides is 2. The van der Waals surface area contributed by atoms with Gasteiger partial charge in [-0.1, -0.05) is 0 Å². The molecule has 4 rings (SSSR count). The molecule has 2 aliphatic heterocycles. The maximum absolute atomic E-state index is 13.4. The van der Waals surface area contributed by atoms with Gasteiger partial charge in [-0.2, -0.15) is 0 Å². The Labute approximate surface area is 156 Å². The molecule has 2 fully saturated rings. The molecule has 3 aliphatic rings. The van der Waals surface area contributed by atoms with Crippen molar-refractivity contribution in [3.8, 4) is 0 Å². The van der Waals surface area contributed by atoms with Crippen LogP contribution in [-0.4, -0.2) is 57.7 Å². The molecule has 2 amide bonds. The van der Waals surface area contributed by atoms with Gasteiger partial charge in [-0.05, 0) is 43.7 Å². The van der Waals surface area contributed by atoms with Gasteiger partial charge in [-0.15, -0.1) is 0 Å². The Balaban J connectivity index is 1.33. The van der Waals surface area contributed by atoms with Crippen LogP contribution in [-0.2, 0) is 11.3 Å². The number of fused-ring (bicyclic) bond motifs is 1. The van der Waals surface area contributed by atoms with Crippen LogP contribution in [0.5, 0.6) is 0 Å². The first kappa shape index (κ1) is 18.3. The fourth-order valence-electron chi connectivity index (χ4n) is 4.55. The lowest BCUT2D eigenvalue weighted by Gasteiger charge is -2.36. The molecule has 1 saturated heterocycles. The number of aromatic nitrogens is 1. The largest absolute Gasteiger partial charge is 0.335 e. The van der Waals surface area contributed by atoms with E-state index >= 15 is 0 Å². The second-order valence-corrected chi connectivity index (χ2v) is 7.89. The van der Waals surface area contributed by atoms with E-state index in [1.54, 1.807) is 18.3 Å². The molecule has 27 heavy (non-hydrogen) atoms. The zero-order chi connectivity index (χ0) is 19.2. The smallest absolute Gasteiger partial charge is 0.267 e. The monoisotopic (exact) mass is 378 g/mol. The van der Waals surface area contributed by atoms with Crippen LogP contribution in [0.4, 0.5) is 8.78 Å². The van der Waals surface area contributed by atoms with Gasteiger partial charge in [0.1, 0.15) is 0 Å². The van der Waals surface area contributed by atoms with E-state index in [-0.39, 0.29) is 36.7 Å². The zero-order valence-electron chi connectivity index (χ0n) is 15.1. The summed E-state index contributed by atoms with van der Waals surface area (Å²) in [5.74, 6) is -3.18. The Hall–Kier alpha value is -2.09. The van der Waals surface area contributed by atoms with Gasteiger partial charge in [0.15, 0.2) is 0 Å². The number of pyridine rings is 1. The second-order valence-electron chi connectivity index (χ2n) is 7.89. The van der Waals surface area contributed by atoms with Gasteiger partial charge in [0.2, 0.25) is 5.91 Å². The number of likely N-dealkylation sites (tertiary alicyclic amines) is 1. The van der Waals surface area contributed by atoms with Gasteiger partial charge >= 0.3 is 0 Å². The standard InChI is InChI=1S/C19H24F2N4O2/c20-19(21)7-9-24(11-19)18(27)16(22)12-3-5-13(6-4-12)25-10-15-14(17(25)26)2-1-8-23-15/h1-2,8,12-13,16H,3-7,9-11,22H2/t12?,13?,16-/m0/s1. The van der Waals surface area contributed by atoms with Crippen molar-refractivity contribution in [3.63, 3.8) is 0 Å². The minimum absolute atomic E-state index is 0.0150. The van der Waals surface area contributed by atoms with E-state index in [1.807, 2.05) is 4.90 Å². The fraction of sp³-hybridized carbons (Fsp3) is 0.632. The van der Waals surface area contributed by atoms with Gasteiger partial charge in [-0.25, -0.2) is 8.78 Å². The average molecular weight is 378 g/mol. The van der Waals surface area contributed by atoms with Crippen molar-refractivity contribution in [1.82, 2.24) is 14.8 Å². The van der Waals surface area contributed by atoms with E-state index in [9.17, 15) is 18.4 Å². The highest BCUT2D eigenvalue weighted by atomic mass is 19.3. The van der Waals surface area contributed by atoms with Gasteiger partial charge < -0.3 is 15.5 Å². The molecule has 1 saturated carbocycles. The molecule has 0 radical (unpaired) electrons. The number of carbonyl (C=O) groups excluding carboxylic acids is 2. The number of hydrogen-bond acceptors (Lipinski definition) is 4. The predicted molar refractivity (Wildman–Crippen MR) is 94.0 cm³/mol. The highest BCUT2D eigenvalue weighted by Gasteiger charge is 2.43. The maximum Gasteiger partial charge on any atom is 0.267 e. The summed E-state index contributed by atoms with van der Waals surface area (Å²) >= 11 is 0. The van der Waals surface area contributed by atoms with E-state index in [0.29, 0.717) is 12.1 Å². The topological polar surface area (TPSA) is 79.5 Å². The molecular weight excluding hydrogens is 354 g/mol. The highest BCUT2D eigenvalue weighted by molar-refractivity contribution is 5.97. The molecule has 0 bridgehead atoms. The Bertz CT molecular complexity index is 749. The highest BCUT2D eigenvalue weighted by Crippen LogP contribution is 2.34. The molecule has 1 aliphatic carbocycles. The van der Waals surface area contributed by atoms with Crippen molar-refractivity contribution in [2.75, 3.05) is 13.1 Å². The molecule has 6 nitrogen and oxygen atoms in total. The first-order chi connectivity index (χ1) is 12.9. The molecule has 0 spiro atoms. The summed E-state index contributed by atoms with van der Waals surface area (Å²) in [4.78, 5) is 32.4. The van der Waals surface area contributed by atoms with Crippen LogP contribution in [0.3, 0.4) is 0 Å². The van der Waals surface area contributed by atoms with Crippen LogP contribution in [0, 0.1) is 5.92 Å². The van der Waals surface area contributed by atoms with Crippen LogP contribution in [0.25, 0.3) is 0 Å². The summed E-state index contributed by atoms with van der Waals surface area (Å²) in [5.41, 5.74) is 7.61. The predicted octanol–water partition coefficient (Wildman–Crippen LogP) is 1.79. The minimum atomic E-state index is -2.80. The lowest BCUT2D eigenvalue weighted by Crippen LogP contribution is -2.49. The van der Waals surface area contributed by atoms with E-state index in [1.165, 1.54) is 4.90 Å². The molecule has 1 aromatic heterocycles. The number of carbonyl (C=O) groups is 2. The number of rotatable bonds is 3. The van der Waals surface area contributed by atoms with Crippen LogP contribution < -0.4 is 5.73 Å². The summed E-state index contributed by atoms with van der Waals surface area (Å²) < 4.78 is 26.7. The minimum Gasteiger partial charge on any atom is -0.335 e. The van der Waals surface area contributed by atoms with Gasteiger partial charge in [0, 0.05) is 25.2 Å². The molecule has 0 aromatic carbocycles. The van der Waals surface area contributed by atoms with Crippen molar-refractivity contribution < 1.29 is 18.4 Å². The van der Waals surface area contributed by atoms with Gasteiger partial charge in [-0.3, -0.25) is 14.6 Å². The maximum atomic E-state index is 13.4. The quantitative estimate of drug-likeness (QED) is 0.870. The van der Waals surface area contributed by atoms with Crippen LogP contribution in [0.1, 0.15) is 48.2 Å².